The van der Waals surface area contributed by atoms with E-state index in [0.717, 1.165) is 0 Å². The second-order valence-corrected chi connectivity index (χ2v) is 8.39. The maximum atomic E-state index is 13.2. The Kier molecular flexibility index (Phi) is 6.78. The van der Waals surface area contributed by atoms with Crippen molar-refractivity contribution >= 4 is 23.4 Å². The van der Waals surface area contributed by atoms with Crippen molar-refractivity contribution in [2.24, 2.45) is 0 Å². The van der Waals surface area contributed by atoms with Gasteiger partial charge in [-0.2, -0.15) is 0 Å². The third-order valence-corrected chi connectivity index (χ3v) is 6.14. The fourth-order valence-corrected chi connectivity index (χ4v) is 4.32. The molecule has 1 unspecified atom stereocenters. The van der Waals surface area contributed by atoms with Crippen LogP contribution in [0.25, 0.3) is 5.76 Å². The molecule has 0 radical (unpaired) electrons. The van der Waals surface area contributed by atoms with Crippen molar-refractivity contribution in [2.45, 2.75) is 19.5 Å². The lowest BCUT2D eigenvalue weighted by Gasteiger charge is -2.25. The summed E-state index contributed by atoms with van der Waals surface area (Å²) in [5, 5.41) is 21.4. The number of phenols is 1. The number of esters is 1. The highest BCUT2D eigenvalue weighted by Gasteiger charge is 2.46. The normalized spacial score (nSPS) is 16.8. The first-order valence-corrected chi connectivity index (χ1v) is 11.1. The van der Waals surface area contributed by atoms with Gasteiger partial charge in [-0.05, 0) is 66.1 Å². The summed E-state index contributed by atoms with van der Waals surface area (Å²) in [6.07, 6.45) is 0. The van der Waals surface area contributed by atoms with Gasteiger partial charge in [0.25, 0.3) is 11.7 Å². The smallest absolute Gasteiger partial charge is 0.337 e. The lowest BCUT2D eigenvalue weighted by molar-refractivity contribution is -0.140. The quantitative estimate of drug-likeness (QED) is 0.233. The van der Waals surface area contributed by atoms with Crippen molar-refractivity contribution in [3.8, 4) is 11.5 Å². The van der Waals surface area contributed by atoms with Crippen LogP contribution < -0.4 is 4.74 Å². The number of rotatable bonds is 6. The summed E-state index contributed by atoms with van der Waals surface area (Å²) in [4.78, 5) is 39.6. The number of nitrogens with zero attached hydrogens (tertiary/aromatic N) is 1. The third-order valence-electron chi connectivity index (χ3n) is 6.14. The van der Waals surface area contributed by atoms with E-state index in [2.05, 4.69) is 0 Å². The Balaban J connectivity index is 1.82. The van der Waals surface area contributed by atoms with Gasteiger partial charge in [-0.15, -0.1) is 0 Å². The standard InChI is InChI=1S/C28H25NO7/c1-16-13-21(35-2)11-12-22(16)25(31)23-24(19-5-4-6-20(30)14-19)29(27(33)26(23)32)15-17-7-9-18(10-8-17)28(34)36-3/h4-14,24,30-31H,15H2,1-3H3/b25-23-. The van der Waals surface area contributed by atoms with Crippen LogP contribution in [0, 0.1) is 6.92 Å². The highest BCUT2D eigenvalue weighted by Crippen LogP contribution is 2.41. The summed E-state index contributed by atoms with van der Waals surface area (Å²) in [6, 6.07) is 16.8. The van der Waals surface area contributed by atoms with E-state index in [-0.39, 0.29) is 23.6 Å². The van der Waals surface area contributed by atoms with E-state index in [1.807, 2.05) is 0 Å². The number of hydrogen-bond donors (Lipinski definition) is 2. The molecule has 1 aliphatic rings. The number of Topliss-reactive ketones (excluding diaryl/α,β-unsaturated/α-hetero) is 1. The van der Waals surface area contributed by atoms with E-state index >= 15 is 0 Å². The number of aliphatic hydroxyl groups is 1. The average molecular weight is 488 g/mol. The van der Waals surface area contributed by atoms with Crippen LogP contribution in [0.4, 0.5) is 0 Å². The molecule has 184 valence electrons. The molecule has 0 saturated carbocycles. The van der Waals surface area contributed by atoms with E-state index < -0.39 is 23.7 Å². The first-order chi connectivity index (χ1) is 17.2. The first-order valence-electron chi connectivity index (χ1n) is 11.1. The number of benzene rings is 3. The topological polar surface area (TPSA) is 113 Å². The summed E-state index contributed by atoms with van der Waals surface area (Å²) in [5.41, 5.74) is 2.45. The number of likely N-dealkylation sites (tertiary alicyclic amines) is 1. The minimum atomic E-state index is -0.945. The van der Waals surface area contributed by atoms with Crippen molar-refractivity contribution < 1.29 is 34.1 Å². The monoisotopic (exact) mass is 487 g/mol. The fourth-order valence-electron chi connectivity index (χ4n) is 4.32. The predicted octanol–water partition coefficient (Wildman–Crippen LogP) is 4.12. The Morgan fingerprint density at radius 1 is 1.00 bits per heavy atom. The Morgan fingerprint density at radius 3 is 2.33 bits per heavy atom. The first kappa shape index (κ1) is 24.5. The van der Waals surface area contributed by atoms with Crippen LogP contribution in [0.15, 0.2) is 72.3 Å². The van der Waals surface area contributed by atoms with Crippen LogP contribution in [-0.4, -0.2) is 47.0 Å². The molecule has 1 amide bonds. The van der Waals surface area contributed by atoms with E-state index in [1.165, 1.54) is 31.3 Å². The van der Waals surface area contributed by atoms with Gasteiger partial charge in [0.1, 0.15) is 17.3 Å². The fraction of sp³-hybridized carbons (Fsp3) is 0.179. The predicted molar refractivity (Wildman–Crippen MR) is 131 cm³/mol. The number of hydrogen-bond acceptors (Lipinski definition) is 7. The molecule has 36 heavy (non-hydrogen) atoms. The maximum absolute atomic E-state index is 13.2. The maximum Gasteiger partial charge on any atom is 0.337 e. The van der Waals surface area contributed by atoms with Gasteiger partial charge in [-0.1, -0.05) is 24.3 Å². The number of methoxy groups -OCH3 is 2. The second-order valence-electron chi connectivity index (χ2n) is 8.39. The Morgan fingerprint density at radius 2 is 1.72 bits per heavy atom. The minimum Gasteiger partial charge on any atom is -0.508 e. The number of phenolic OH excluding ortho intramolecular Hbond substituents is 1. The van der Waals surface area contributed by atoms with Crippen molar-refractivity contribution in [3.63, 3.8) is 0 Å². The Labute approximate surface area is 208 Å². The molecule has 0 bridgehead atoms. The molecule has 4 rings (SSSR count). The molecule has 1 aliphatic heterocycles. The van der Waals surface area contributed by atoms with Crippen LogP contribution in [-0.2, 0) is 20.9 Å². The summed E-state index contributed by atoms with van der Waals surface area (Å²) < 4.78 is 9.95. The summed E-state index contributed by atoms with van der Waals surface area (Å²) in [5.74, 6) is -1.87. The molecular formula is C28H25NO7. The zero-order valence-corrected chi connectivity index (χ0v) is 20.0. The lowest BCUT2D eigenvalue weighted by Crippen LogP contribution is -2.29. The van der Waals surface area contributed by atoms with Crippen molar-refractivity contribution in [1.82, 2.24) is 4.90 Å². The molecule has 3 aromatic rings. The zero-order chi connectivity index (χ0) is 26.0. The number of aliphatic hydroxyl groups excluding tert-OH is 1. The van der Waals surface area contributed by atoms with Crippen molar-refractivity contribution in [3.05, 3.63) is 100 Å². The number of aryl methyl sites for hydroxylation is 1. The van der Waals surface area contributed by atoms with Gasteiger partial charge in [0.15, 0.2) is 0 Å². The largest absolute Gasteiger partial charge is 0.508 e. The van der Waals surface area contributed by atoms with Crippen LogP contribution in [0.1, 0.15) is 38.7 Å². The van der Waals surface area contributed by atoms with E-state index in [9.17, 15) is 24.6 Å². The number of ketones is 1. The van der Waals surface area contributed by atoms with Crippen molar-refractivity contribution in [1.29, 1.82) is 0 Å². The highest BCUT2D eigenvalue weighted by atomic mass is 16.5. The van der Waals surface area contributed by atoms with Crippen LogP contribution >= 0.6 is 0 Å². The molecule has 0 spiro atoms. The molecule has 1 heterocycles. The summed E-state index contributed by atoms with van der Waals surface area (Å²) in [7, 11) is 2.81. The molecule has 8 heteroatoms. The average Bonchev–Trinajstić information content (AvgIpc) is 3.13. The Bertz CT molecular complexity index is 1370. The van der Waals surface area contributed by atoms with Gasteiger partial charge in [0, 0.05) is 12.1 Å². The molecule has 1 fully saturated rings. The van der Waals surface area contributed by atoms with Gasteiger partial charge < -0.3 is 24.6 Å². The third kappa shape index (κ3) is 4.53. The molecular weight excluding hydrogens is 462 g/mol. The van der Waals surface area contributed by atoms with Gasteiger partial charge in [-0.25, -0.2) is 4.79 Å². The lowest BCUT2D eigenvalue weighted by atomic mass is 9.93. The number of carbonyl (C=O) groups is 3. The molecule has 1 atom stereocenters. The number of carbonyl (C=O) groups excluding carboxylic acids is 3. The molecule has 1 saturated heterocycles. The Hall–Kier alpha value is -4.59. The number of ether oxygens (including phenoxy) is 2. The van der Waals surface area contributed by atoms with Crippen molar-refractivity contribution in [2.75, 3.05) is 14.2 Å². The molecule has 2 N–H and O–H groups in total. The van der Waals surface area contributed by atoms with Gasteiger partial charge in [0.2, 0.25) is 0 Å². The van der Waals surface area contributed by atoms with Crippen LogP contribution in [0.5, 0.6) is 11.5 Å². The number of aromatic hydroxyl groups is 1. The van der Waals surface area contributed by atoms with Gasteiger partial charge in [-0.3, -0.25) is 9.59 Å². The summed E-state index contributed by atoms with van der Waals surface area (Å²) >= 11 is 0. The van der Waals surface area contributed by atoms with Gasteiger partial charge >= 0.3 is 5.97 Å². The zero-order valence-electron chi connectivity index (χ0n) is 20.0. The van der Waals surface area contributed by atoms with Crippen LogP contribution in [0.2, 0.25) is 0 Å². The molecule has 0 aliphatic carbocycles. The molecule has 0 aromatic heterocycles. The second kappa shape index (κ2) is 9.95. The van der Waals surface area contributed by atoms with E-state index in [0.29, 0.717) is 33.6 Å². The SMILES string of the molecule is COC(=O)c1ccc(CN2C(=O)C(=O)/C(=C(\O)c3ccc(OC)cc3C)C2c2cccc(O)c2)cc1. The molecule has 8 nitrogen and oxygen atoms in total. The molecule has 3 aromatic carbocycles. The summed E-state index contributed by atoms with van der Waals surface area (Å²) in [6.45, 7) is 1.80. The van der Waals surface area contributed by atoms with Crippen LogP contribution in [0.3, 0.4) is 0 Å². The van der Waals surface area contributed by atoms with Gasteiger partial charge in [0.05, 0.1) is 31.4 Å². The van der Waals surface area contributed by atoms with E-state index in [1.54, 1.807) is 61.5 Å². The highest BCUT2D eigenvalue weighted by molar-refractivity contribution is 6.46. The minimum absolute atomic E-state index is 0.0325. The van der Waals surface area contributed by atoms with E-state index in [4.69, 9.17) is 9.47 Å². The number of amides is 1.